The summed E-state index contributed by atoms with van der Waals surface area (Å²) in [6.45, 7) is 4.13. The summed E-state index contributed by atoms with van der Waals surface area (Å²) in [7, 11) is -3.52. The lowest BCUT2D eigenvalue weighted by atomic mass is 10.2. The molecule has 21 heavy (non-hydrogen) atoms. The minimum absolute atomic E-state index is 0.150. The van der Waals surface area contributed by atoms with Crippen molar-refractivity contribution in [1.29, 1.82) is 0 Å². The normalized spacial score (nSPS) is 11.6. The third kappa shape index (κ3) is 4.27. The van der Waals surface area contributed by atoms with Crippen LogP contribution in [-0.4, -0.2) is 19.4 Å². The summed E-state index contributed by atoms with van der Waals surface area (Å²) in [4.78, 5) is 4.21. The smallest absolute Gasteiger partial charge is 0.242 e. The number of benzene rings is 1. The van der Waals surface area contributed by atoms with Crippen LogP contribution in [0.15, 0.2) is 53.7 Å². The maximum atomic E-state index is 12.3. The van der Waals surface area contributed by atoms with E-state index in [1.54, 1.807) is 44.4 Å². The minimum Gasteiger partial charge on any atom is -0.380 e. The first-order valence-corrected chi connectivity index (χ1v) is 8.21. The Kier molecular flexibility index (Phi) is 4.93. The van der Waals surface area contributed by atoms with E-state index in [2.05, 4.69) is 15.0 Å². The molecule has 112 valence electrons. The average molecular weight is 305 g/mol. The highest BCUT2D eigenvalue weighted by Gasteiger charge is 2.18. The Bertz CT molecular complexity index is 685. The van der Waals surface area contributed by atoms with Crippen molar-refractivity contribution in [2.24, 2.45) is 0 Å². The molecular formula is C15H19N3O2S. The number of rotatable bonds is 6. The predicted octanol–water partition coefficient (Wildman–Crippen LogP) is 2.38. The van der Waals surface area contributed by atoms with Gasteiger partial charge >= 0.3 is 0 Å². The number of sulfonamides is 1. The van der Waals surface area contributed by atoms with Gasteiger partial charge in [0.05, 0.1) is 5.69 Å². The Hall–Kier alpha value is -1.92. The monoisotopic (exact) mass is 305 g/mol. The largest absolute Gasteiger partial charge is 0.380 e. The fourth-order valence-electron chi connectivity index (χ4n) is 1.92. The predicted molar refractivity (Wildman–Crippen MR) is 83.5 cm³/mol. The highest BCUT2D eigenvalue weighted by Crippen LogP contribution is 2.21. The van der Waals surface area contributed by atoms with Crippen LogP contribution < -0.4 is 10.0 Å². The maximum Gasteiger partial charge on any atom is 0.242 e. The van der Waals surface area contributed by atoms with E-state index >= 15 is 0 Å². The van der Waals surface area contributed by atoms with Crippen molar-refractivity contribution in [3.8, 4) is 0 Å². The van der Waals surface area contributed by atoms with E-state index < -0.39 is 10.0 Å². The zero-order valence-corrected chi connectivity index (χ0v) is 12.9. The van der Waals surface area contributed by atoms with Gasteiger partial charge in [-0.1, -0.05) is 12.1 Å². The van der Waals surface area contributed by atoms with Gasteiger partial charge in [-0.15, -0.1) is 0 Å². The van der Waals surface area contributed by atoms with Gasteiger partial charge in [-0.2, -0.15) is 0 Å². The molecule has 0 amide bonds. The second kappa shape index (κ2) is 6.69. The van der Waals surface area contributed by atoms with E-state index in [-0.39, 0.29) is 10.9 Å². The van der Waals surface area contributed by atoms with Crippen LogP contribution in [0, 0.1) is 0 Å². The van der Waals surface area contributed by atoms with Crippen LogP contribution in [0.3, 0.4) is 0 Å². The molecule has 0 unspecified atom stereocenters. The molecule has 0 aliphatic rings. The molecule has 6 heteroatoms. The van der Waals surface area contributed by atoms with Crippen molar-refractivity contribution in [2.75, 3.05) is 5.32 Å². The second-order valence-electron chi connectivity index (χ2n) is 4.98. The van der Waals surface area contributed by atoms with Gasteiger partial charge in [0.2, 0.25) is 10.0 Å². The van der Waals surface area contributed by atoms with Crippen molar-refractivity contribution in [2.45, 2.75) is 31.3 Å². The first kappa shape index (κ1) is 15.5. The Morgan fingerprint density at radius 1 is 1.10 bits per heavy atom. The van der Waals surface area contributed by atoms with E-state index in [0.717, 1.165) is 5.56 Å². The molecule has 2 aromatic rings. The van der Waals surface area contributed by atoms with Crippen molar-refractivity contribution in [1.82, 2.24) is 9.71 Å². The zero-order valence-electron chi connectivity index (χ0n) is 12.1. The number of nitrogens with one attached hydrogen (secondary N) is 2. The number of aromatic nitrogens is 1. The summed E-state index contributed by atoms with van der Waals surface area (Å²) in [6, 6.07) is 10.5. The average Bonchev–Trinajstić information content (AvgIpc) is 2.45. The molecule has 5 nitrogen and oxygen atoms in total. The molecule has 0 saturated heterocycles. The summed E-state index contributed by atoms with van der Waals surface area (Å²) in [5, 5.41) is 3.16. The topological polar surface area (TPSA) is 71.1 Å². The Morgan fingerprint density at radius 3 is 2.43 bits per heavy atom. The third-order valence-electron chi connectivity index (χ3n) is 2.80. The van der Waals surface area contributed by atoms with Gasteiger partial charge in [-0.3, -0.25) is 4.98 Å². The van der Waals surface area contributed by atoms with Crippen LogP contribution in [0.4, 0.5) is 5.69 Å². The molecule has 0 radical (unpaired) electrons. The summed E-state index contributed by atoms with van der Waals surface area (Å²) < 4.78 is 27.2. The number of anilines is 1. The van der Waals surface area contributed by atoms with Crippen molar-refractivity contribution in [3.05, 3.63) is 54.4 Å². The first-order chi connectivity index (χ1) is 9.99. The van der Waals surface area contributed by atoms with E-state index in [4.69, 9.17) is 0 Å². The lowest BCUT2D eigenvalue weighted by Gasteiger charge is -2.14. The minimum atomic E-state index is -3.52. The van der Waals surface area contributed by atoms with Crippen molar-refractivity contribution < 1.29 is 8.42 Å². The first-order valence-electron chi connectivity index (χ1n) is 6.73. The SMILES string of the molecule is CC(C)NS(=O)(=O)c1ccccc1NCc1ccncc1. The highest BCUT2D eigenvalue weighted by molar-refractivity contribution is 7.89. The number of pyridine rings is 1. The van der Waals surface area contributed by atoms with Crippen LogP contribution in [0.1, 0.15) is 19.4 Å². The molecule has 2 N–H and O–H groups in total. The summed E-state index contributed by atoms with van der Waals surface area (Å²) in [6.07, 6.45) is 3.42. The van der Waals surface area contributed by atoms with Gasteiger partial charge in [-0.25, -0.2) is 13.1 Å². The summed E-state index contributed by atoms with van der Waals surface area (Å²) >= 11 is 0. The van der Waals surface area contributed by atoms with Crippen molar-refractivity contribution >= 4 is 15.7 Å². The van der Waals surface area contributed by atoms with E-state index in [1.165, 1.54) is 0 Å². The number of hydrogen-bond acceptors (Lipinski definition) is 4. The number of para-hydroxylation sites is 1. The van der Waals surface area contributed by atoms with Crippen LogP contribution in [-0.2, 0) is 16.6 Å². The molecule has 0 bridgehead atoms. The van der Waals surface area contributed by atoms with Gasteiger partial charge in [0.1, 0.15) is 4.90 Å². The fourth-order valence-corrected chi connectivity index (χ4v) is 3.35. The molecule has 2 rings (SSSR count). The fraction of sp³-hybridized carbons (Fsp3) is 0.267. The number of hydrogen-bond donors (Lipinski definition) is 2. The molecule has 1 aromatic carbocycles. The Morgan fingerprint density at radius 2 is 1.76 bits per heavy atom. The van der Waals surface area contributed by atoms with E-state index in [9.17, 15) is 8.42 Å². The van der Waals surface area contributed by atoms with Crippen LogP contribution in [0.25, 0.3) is 0 Å². The molecule has 0 atom stereocenters. The molecule has 0 saturated carbocycles. The quantitative estimate of drug-likeness (QED) is 0.859. The van der Waals surface area contributed by atoms with E-state index in [1.807, 2.05) is 18.2 Å². The molecule has 0 fully saturated rings. The van der Waals surface area contributed by atoms with Gasteiger partial charge in [0, 0.05) is 25.0 Å². The van der Waals surface area contributed by atoms with E-state index in [0.29, 0.717) is 12.2 Å². The van der Waals surface area contributed by atoms with Gasteiger partial charge in [0.25, 0.3) is 0 Å². The number of nitrogens with zero attached hydrogens (tertiary/aromatic N) is 1. The lowest BCUT2D eigenvalue weighted by Crippen LogP contribution is -2.30. The van der Waals surface area contributed by atoms with Crippen LogP contribution in [0.2, 0.25) is 0 Å². The molecule has 0 spiro atoms. The molecular weight excluding hydrogens is 286 g/mol. The van der Waals surface area contributed by atoms with Gasteiger partial charge < -0.3 is 5.32 Å². The molecule has 0 aliphatic heterocycles. The standard InChI is InChI=1S/C15H19N3O2S/c1-12(2)18-21(19,20)15-6-4-3-5-14(15)17-11-13-7-9-16-10-8-13/h3-10,12,17-18H,11H2,1-2H3. The van der Waals surface area contributed by atoms with Crippen LogP contribution >= 0.6 is 0 Å². The molecule has 0 aliphatic carbocycles. The highest BCUT2D eigenvalue weighted by atomic mass is 32.2. The van der Waals surface area contributed by atoms with Crippen molar-refractivity contribution in [3.63, 3.8) is 0 Å². The maximum absolute atomic E-state index is 12.3. The summed E-state index contributed by atoms with van der Waals surface area (Å²) in [5.41, 5.74) is 1.62. The van der Waals surface area contributed by atoms with Gasteiger partial charge in [-0.05, 0) is 43.7 Å². The molecule has 1 aromatic heterocycles. The third-order valence-corrected chi connectivity index (χ3v) is 4.52. The summed E-state index contributed by atoms with van der Waals surface area (Å²) in [5.74, 6) is 0. The Balaban J connectivity index is 2.21. The second-order valence-corrected chi connectivity index (χ2v) is 6.66. The van der Waals surface area contributed by atoms with Gasteiger partial charge in [0.15, 0.2) is 0 Å². The Labute approximate surface area is 125 Å². The lowest BCUT2D eigenvalue weighted by molar-refractivity contribution is 0.570. The zero-order chi connectivity index (χ0) is 15.3. The molecule has 1 heterocycles. The van der Waals surface area contributed by atoms with Crippen LogP contribution in [0.5, 0.6) is 0 Å².